The maximum absolute atomic E-state index is 10.8. The number of hydrogen-bond donors (Lipinski definition) is 0. The van der Waals surface area contributed by atoms with Crippen LogP contribution in [0.25, 0.3) is 0 Å². The van der Waals surface area contributed by atoms with Gasteiger partial charge < -0.3 is 0 Å². The minimum absolute atomic E-state index is 0.229. The van der Waals surface area contributed by atoms with E-state index in [9.17, 15) is 8.42 Å². The summed E-state index contributed by atoms with van der Waals surface area (Å²) in [7, 11) is -2.62. The van der Waals surface area contributed by atoms with Crippen LogP contribution in [0.1, 0.15) is 71.1 Å². The highest BCUT2D eigenvalue weighted by Crippen LogP contribution is 2.10. The van der Waals surface area contributed by atoms with Crippen molar-refractivity contribution in [2.75, 3.05) is 13.7 Å². The van der Waals surface area contributed by atoms with E-state index in [-0.39, 0.29) is 6.61 Å². The zero-order chi connectivity index (χ0) is 13.7. The molecule has 0 aromatic carbocycles. The molecule has 0 aliphatic heterocycles. The van der Waals surface area contributed by atoms with Gasteiger partial charge in [0, 0.05) is 0 Å². The fourth-order valence-electron chi connectivity index (χ4n) is 1.80. The maximum Gasteiger partial charge on any atom is 0.399 e. The van der Waals surface area contributed by atoms with Crippen molar-refractivity contribution in [2.45, 2.75) is 71.1 Å². The van der Waals surface area contributed by atoms with Crippen molar-refractivity contribution in [3.05, 3.63) is 0 Å². The molecule has 110 valence electrons. The first-order chi connectivity index (χ1) is 8.62. The molecule has 0 fully saturated rings. The van der Waals surface area contributed by atoms with E-state index in [0.717, 1.165) is 26.4 Å². The first-order valence-electron chi connectivity index (χ1n) is 7.07. The van der Waals surface area contributed by atoms with Gasteiger partial charge in [0.1, 0.15) is 0 Å². The van der Waals surface area contributed by atoms with Crippen molar-refractivity contribution in [2.24, 2.45) is 0 Å². The van der Waals surface area contributed by atoms with Crippen LogP contribution in [-0.4, -0.2) is 22.1 Å². The van der Waals surface area contributed by atoms with E-state index in [1.165, 1.54) is 44.9 Å². The van der Waals surface area contributed by atoms with Gasteiger partial charge in [-0.1, -0.05) is 64.7 Å². The standard InChI is InChI=1S/C13H28O4S/c1-3-4-5-6-7-8-9-10-11-12-13-17-18(14,15)16-2/h3-13H2,1-2H3. The van der Waals surface area contributed by atoms with Gasteiger partial charge in [-0.15, -0.1) is 0 Å². The highest BCUT2D eigenvalue weighted by atomic mass is 32.3. The maximum atomic E-state index is 10.8. The third kappa shape index (κ3) is 12.3. The van der Waals surface area contributed by atoms with Gasteiger partial charge in [0.05, 0.1) is 13.7 Å². The Hall–Kier alpha value is -0.130. The molecule has 0 spiro atoms. The molecule has 18 heavy (non-hydrogen) atoms. The molecule has 0 heterocycles. The van der Waals surface area contributed by atoms with Crippen molar-refractivity contribution in [1.29, 1.82) is 0 Å². The van der Waals surface area contributed by atoms with E-state index < -0.39 is 10.4 Å². The summed E-state index contributed by atoms with van der Waals surface area (Å²) in [6.45, 7) is 2.46. The Morgan fingerprint density at radius 1 is 0.778 bits per heavy atom. The van der Waals surface area contributed by atoms with Crippen molar-refractivity contribution in [3.63, 3.8) is 0 Å². The van der Waals surface area contributed by atoms with Gasteiger partial charge in [-0.2, -0.15) is 8.42 Å². The second kappa shape index (κ2) is 11.9. The molecule has 0 saturated heterocycles. The average Bonchev–Trinajstić information content (AvgIpc) is 2.36. The van der Waals surface area contributed by atoms with Gasteiger partial charge >= 0.3 is 10.4 Å². The van der Waals surface area contributed by atoms with Crippen LogP contribution in [0.3, 0.4) is 0 Å². The summed E-state index contributed by atoms with van der Waals surface area (Å²) in [5.74, 6) is 0. The summed E-state index contributed by atoms with van der Waals surface area (Å²) in [6, 6.07) is 0. The number of hydrogen-bond acceptors (Lipinski definition) is 4. The monoisotopic (exact) mass is 280 g/mol. The third-order valence-corrected chi connectivity index (χ3v) is 3.79. The second-order valence-corrected chi connectivity index (χ2v) is 5.96. The molecule has 0 saturated carbocycles. The van der Waals surface area contributed by atoms with Crippen molar-refractivity contribution in [1.82, 2.24) is 0 Å². The van der Waals surface area contributed by atoms with Crippen molar-refractivity contribution < 1.29 is 16.8 Å². The van der Waals surface area contributed by atoms with Gasteiger partial charge in [0.25, 0.3) is 0 Å². The van der Waals surface area contributed by atoms with E-state index >= 15 is 0 Å². The summed E-state index contributed by atoms with van der Waals surface area (Å²) < 4.78 is 30.4. The Kier molecular flexibility index (Phi) is 11.8. The number of rotatable bonds is 13. The van der Waals surface area contributed by atoms with Crippen molar-refractivity contribution in [3.8, 4) is 0 Å². The molecule has 0 aromatic rings. The average molecular weight is 280 g/mol. The molecule has 0 atom stereocenters. The van der Waals surface area contributed by atoms with Crippen LogP contribution in [0.2, 0.25) is 0 Å². The lowest BCUT2D eigenvalue weighted by molar-refractivity contribution is 0.238. The Morgan fingerprint density at radius 2 is 1.22 bits per heavy atom. The molecule has 0 amide bonds. The van der Waals surface area contributed by atoms with Gasteiger partial charge in [-0.3, -0.25) is 4.18 Å². The summed E-state index contributed by atoms with van der Waals surface area (Å²) >= 11 is 0. The molecule has 0 bridgehead atoms. The van der Waals surface area contributed by atoms with Crippen LogP contribution < -0.4 is 0 Å². The number of unbranched alkanes of at least 4 members (excludes halogenated alkanes) is 9. The molecular weight excluding hydrogens is 252 g/mol. The van der Waals surface area contributed by atoms with Crippen molar-refractivity contribution >= 4 is 10.4 Å². The van der Waals surface area contributed by atoms with Gasteiger partial charge in [0.2, 0.25) is 0 Å². The largest absolute Gasteiger partial charge is 0.399 e. The van der Waals surface area contributed by atoms with E-state index in [2.05, 4.69) is 15.3 Å². The molecule has 0 radical (unpaired) electrons. The molecule has 0 aliphatic carbocycles. The van der Waals surface area contributed by atoms with Gasteiger partial charge in [-0.05, 0) is 6.42 Å². The molecule has 5 heteroatoms. The predicted octanol–water partition coefficient (Wildman–Crippen LogP) is 3.82. The van der Waals surface area contributed by atoms with Gasteiger partial charge in [-0.25, -0.2) is 4.18 Å². The van der Waals surface area contributed by atoms with E-state index in [4.69, 9.17) is 0 Å². The highest BCUT2D eigenvalue weighted by Gasteiger charge is 2.07. The lowest BCUT2D eigenvalue weighted by Gasteiger charge is -2.03. The zero-order valence-electron chi connectivity index (χ0n) is 11.8. The lowest BCUT2D eigenvalue weighted by Crippen LogP contribution is -2.08. The van der Waals surface area contributed by atoms with Crippen LogP contribution in [0, 0.1) is 0 Å². The predicted molar refractivity (Wildman–Crippen MR) is 73.7 cm³/mol. The van der Waals surface area contributed by atoms with Crippen LogP contribution in [0.5, 0.6) is 0 Å². The minimum atomic E-state index is -3.73. The summed E-state index contributed by atoms with van der Waals surface area (Å²) in [4.78, 5) is 0. The van der Waals surface area contributed by atoms with Crippen LogP contribution in [0.4, 0.5) is 0 Å². The third-order valence-electron chi connectivity index (χ3n) is 2.93. The van der Waals surface area contributed by atoms with Crippen LogP contribution in [0.15, 0.2) is 0 Å². The van der Waals surface area contributed by atoms with E-state index in [1.54, 1.807) is 0 Å². The summed E-state index contributed by atoms with van der Waals surface area (Å²) in [6.07, 6.45) is 12.2. The Labute approximate surface area is 112 Å². The molecule has 4 nitrogen and oxygen atoms in total. The molecule has 0 aromatic heterocycles. The minimum Gasteiger partial charge on any atom is -0.252 e. The Balaban J connectivity index is 3.12. The molecule has 0 unspecified atom stereocenters. The molecule has 0 N–H and O–H groups in total. The fourth-order valence-corrected chi connectivity index (χ4v) is 2.22. The van der Waals surface area contributed by atoms with Crippen LogP contribution >= 0.6 is 0 Å². The highest BCUT2D eigenvalue weighted by molar-refractivity contribution is 7.81. The second-order valence-electron chi connectivity index (χ2n) is 4.58. The van der Waals surface area contributed by atoms with E-state index in [0.29, 0.717) is 0 Å². The normalized spacial score (nSPS) is 11.9. The summed E-state index contributed by atoms with van der Waals surface area (Å²) in [5, 5.41) is 0. The smallest absolute Gasteiger partial charge is 0.252 e. The van der Waals surface area contributed by atoms with E-state index in [1.807, 2.05) is 0 Å². The topological polar surface area (TPSA) is 52.6 Å². The summed E-state index contributed by atoms with van der Waals surface area (Å²) in [5.41, 5.74) is 0. The first kappa shape index (κ1) is 17.9. The fraction of sp³-hybridized carbons (Fsp3) is 1.00. The molecule has 0 aliphatic rings. The zero-order valence-corrected chi connectivity index (χ0v) is 12.6. The SMILES string of the molecule is CCCCCCCCCCCCOS(=O)(=O)OC. The Bertz CT molecular complexity index is 262. The Morgan fingerprint density at radius 3 is 1.67 bits per heavy atom. The quantitative estimate of drug-likeness (QED) is 0.481. The lowest BCUT2D eigenvalue weighted by atomic mass is 10.1. The molecular formula is C13H28O4S. The van der Waals surface area contributed by atoms with Gasteiger partial charge in [0.15, 0.2) is 0 Å². The molecule has 0 rings (SSSR count). The first-order valence-corrected chi connectivity index (χ1v) is 8.40. The van der Waals surface area contributed by atoms with Crippen LogP contribution in [-0.2, 0) is 18.8 Å².